The van der Waals surface area contributed by atoms with E-state index < -0.39 is 29.9 Å². The SMILES string of the molecule is CCC1(c2ccccc2)NC(=O)N(CC(=O)Nc2nnc(SCc3ccc(F)cc3)s2)C1=O. The maximum atomic E-state index is 13.1. The van der Waals surface area contributed by atoms with Crippen molar-refractivity contribution in [3.63, 3.8) is 0 Å². The number of carbonyl (C=O) groups is 3. The molecule has 1 aliphatic heterocycles. The van der Waals surface area contributed by atoms with Gasteiger partial charge in [-0.1, -0.05) is 72.5 Å². The van der Waals surface area contributed by atoms with Crippen LogP contribution in [0.5, 0.6) is 0 Å². The van der Waals surface area contributed by atoms with Crippen molar-refractivity contribution in [2.45, 2.75) is 29.0 Å². The molecule has 1 unspecified atom stereocenters. The molecule has 1 atom stereocenters. The molecule has 0 bridgehead atoms. The Morgan fingerprint density at radius 1 is 1.15 bits per heavy atom. The molecule has 0 aliphatic carbocycles. The molecule has 1 saturated heterocycles. The van der Waals surface area contributed by atoms with Crippen molar-refractivity contribution in [2.75, 3.05) is 11.9 Å². The van der Waals surface area contributed by atoms with Gasteiger partial charge in [0.2, 0.25) is 11.0 Å². The van der Waals surface area contributed by atoms with Crippen LogP contribution in [0, 0.1) is 5.82 Å². The summed E-state index contributed by atoms with van der Waals surface area (Å²) in [5.41, 5.74) is 0.408. The molecule has 8 nitrogen and oxygen atoms in total. The molecule has 4 amide bonds. The van der Waals surface area contributed by atoms with E-state index in [4.69, 9.17) is 0 Å². The average molecular weight is 486 g/mol. The minimum absolute atomic E-state index is 0.262. The summed E-state index contributed by atoms with van der Waals surface area (Å²) >= 11 is 2.58. The summed E-state index contributed by atoms with van der Waals surface area (Å²) in [7, 11) is 0. The molecule has 33 heavy (non-hydrogen) atoms. The first-order valence-corrected chi connectivity index (χ1v) is 11.9. The van der Waals surface area contributed by atoms with E-state index in [0.29, 0.717) is 22.1 Å². The van der Waals surface area contributed by atoms with E-state index in [1.54, 1.807) is 43.3 Å². The summed E-state index contributed by atoms with van der Waals surface area (Å²) in [6.07, 6.45) is 0.352. The molecule has 0 radical (unpaired) electrons. The van der Waals surface area contributed by atoms with E-state index >= 15 is 0 Å². The summed E-state index contributed by atoms with van der Waals surface area (Å²) in [6, 6.07) is 14.5. The van der Waals surface area contributed by atoms with Crippen LogP contribution in [0.3, 0.4) is 0 Å². The number of urea groups is 1. The highest BCUT2D eigenvalue weighted by Crippen LogP contribution is 2.32. The zero-order valence-corrected chi connectivity index (χ0v) is 19.2. The van der Waals surface area contributed by atoms with Crippen molar-refractivity contribution >= 4 is 46.1 Å². The second kappa shape index (κ2) is 9.67. The minimum Gasteiger partial charge on any atom is -0.319 e. The third-order valence-corrected chi connectivity index (χ3v) is 7.25. The van der Waals surface area contributed by atoms with Crippen LogP contribution in [0.1, 0.15) is 24.5 Å². The standard InChI is InChI=1S/C22H20FN5O3S2/c1-2-22(15-6-4-3-5-7-15)18(30)28(20(31)25-22)12-17(29)24-19-26-27-21(33-19)32-13-14-8-10-16(23)11-9-14/h3-11H,2,12-13H2,1H3,(H,25,31)(H,24,26,29). The van der Waals surface area contributed by atoms with Crippen molar-refractivity contribution in [1.29, 1.82) is 0 Å². The van der Waals surface area contributed by atoms with Gasteiger partial charge >= 0.3 is 6.03 Å². The van der Waals surface area contributed by atoms with E-state index in [0.717, 1.165) is 10.5 Å². The number of hydrogen-bond donors (Lipinski definition) is 2. The largest absolute Gasteiger partial charge is 0.325 e. The van der Waals surface area contributed by atoms with E-state index in [2.05, 4.69) is 20.8 Å². The van der Waals surface area contributed by atoms with Gasteiger partial charge in [-0.05, 0) is 29.7 Å². The molecule has 2 heterocycles. The Balaban J connectivity index is 1.36. The van der Waals surface area contributed by atoms with Gasteiger partial charge in [0.25, 0.3) is 5.91 Å². The number of thioether (sulfide) groups is 1. The van der Waals surface area contributed by atoms with Gasteiger partial charge in [0.1, 0.15) is 17.9 Å². The van der Waals surface area contributed by atoms with Crippen molar-refractivity contribution in [3.8, 4) is 0 Å². The number of hydrogen-bond acceptors (Lipinski definition) is 7. The highest BCUT2D eigenvalue weighted by Gasteiger charge is 2.51. The van der Waals surface area contributed by atoms with Crippen LogP contribution in [0.25, 0.3) is 0 Å². The molecule has 1 aromatic heterocycles. The van der Waals surface area contributed by atoms with Crippen LogP contribution in [-0.2, 0) is 20.9 Å². The van der Waals surface area contributed by atoms with E-state index in [1.165, 1.54) is 35.2 Å². The number of nitrogens with one attached hydrogen (secondary N) is 2. The Hall–Kier alpha value is -3.31. The summed E-state index contributed by atoms with van der Waals surface area (Å²) in [5.74, 6) is -0.743. The third kappa shape index (κ3) is 4.88. The molecule has 11 heteroatoms. The predicted octanol–water partition coefficient (Wildman–Crippen LogP) is 3.77. The van der Waals surface area contributed by atoms with Gasteiger partial charge in [-0.3, -0.25) is 19.8 Å². The van der Waals surface area contributed by atoms with Gasteiger partial charge in [0.05, 0.1) is 0 Å². The second-order valence-corrected chi connectivity index (χ2v) is 9.48. The fourth-order valence-corrected chi connectivity index (χ4v) is 5.20. The molecule has 2 N–H and O–H groups in total. The second-order valence-electron chi connectivity index (χ2n) is 7.28. The minimum atomic E-state index is -1.19. The maximum absolute atomic E-state index is 13.1. The van der Waals surface area contributed by atoms with Gasteiger partial charge in [-0.25, -0.2) is 9.18 Å². The first-order valence-electron chi connectivity index (χ1n) is 10.1. The average Bonchev–Trinajstić information content (AvgIpc) is 3.37. The predicted molar refractivity (Wildman–Crippen MR) is 123 cm³/mol. The zero-order chi connectivity index (χ0) is 23.4. The Labute approximate surface area is 197 Å². The smallest absolute Gasteiger partial charge is 0.319 e. The molecular weight excluding hydrogens is 465 g/mol. The van der Waals surface area contributed by atoms with Crippen LogP contribution in [0.15, 0.2) is 58.9 Å². The zero-order valence-electron chi connectivity index (χ0n) is 17.6. The lowest BCUT2D eigenvalue weighted by molar-refractivity contribution is -0.134. The molecule has 1 aliphatic rings. The molecule has 3 aromatic rings. The first kappa shape index (κ1) is 22.9. The topological polar surface area (TPSA) is 104 Å². The van der Waals surface area contributed by atoms with Crippen LogP contribution in [0.4, 0.5) is 14.3 Å². The maximum Gasteiger partial charge on any atom is 0.325 e. The number of aromatic nitrogens is 2. The monoisotopic (exact) mass is 485 g/mol. The molecule has 0 saturated carbocycles. The lowest BCUT2D eigenvalue weighted by Crippen LogP contribution is -2.44. The summed E-state index contributed by atoms with van der Waals surface area (Å²) < 4.78 is 13.6. The highest BCUT2D eigenvalue weighted by atomic mass is 32.2. The number of anilines is 1. The molecule has 170 valence electrons. The number of rotatable bonds is 8. The lowest BCUT2D eigenvalue weighted by atomic mass is 9.87. The number of amides is 4. The van der Waals surface area contributed by atoms with Gasteiger partial charge in [0, 0.05) is 5.75 Å². The lowest BCUT2D eigenvalue weighted by Gasteiger charge is -2.25. The summed E-state index contributed by atoms with van der Waals surface area (Å²) in [5, 5.41) is 13.6. The van der Waals surface area contributed by atoms with E-state index in [-0.39, 0.29) is 10.9 Å². The Morgan fingerprint density at radius 3 is 2.58 bits per heavy atom. The van der Waals surface area contributed by atoms with Crippen LogP contribution in [0.2, 0.25) is 0 Å². The Bertz CT molecular complexity index is 1170. The number of imide groups is 1. The highest BCUT2D eigenvalue weighted by molar-refractivity contribution is 8.00. The van der Waals surface area contributed by atoms with Crippen LogP contribution in [-0.4, -0.2) is 39.5 Å². The van der Waals surface area contributed by atoms with E-state index in [9.17, 15) is 18.8 Å². The van der Waals surface area contributed by atoms with Crippen molar-refractivity contribution in [3.05, 3.63) is 71.5 Å². The normalized spacial score (nSPS) is 17.8. The van der Waals surface area contributed by atoms with Crippen molar-refractivity contribution < 1.29 is 18.8 Å². The fourth-order valence-electron chi connectivity index (χ4n) is 3.48. The third-order valence-electron chi connectivity index (χ3n) is 5.20. The molecule has 4 rings (SSSR count). The van der Waals surface area contributed by atoms with Crippen LogP contribution >= 0.6 is 23.1 Å². The molecule has 2 aromatic carbocycles. The van der Waals surface area contributed by atoms with Crippen molar-refractivity contribution in [1.82, 2.24) is 20.4 Å². The number of halogens is 1. The molecule has 1 fully saturated rings. The van der Waals surface area contributed by atoms with E-state index in [1.807, 2.05) is 6.07 Å². The quantitative estimate of drug-likeness (QED) is 0.286. The number of nitrogens with zero attached hydrogens (tertiary/aromatic N) is 3. The Morgan fingerprint density at radius 2 is 1.88 bits per heavy atom. The number of benzene rings is 2. The Kier molecular flexibility index (Phi) is 6.70. The first-order chi connectivity index (χ1) is 15.9. The number of carbonyl (C=O) groups excluding carboxylic acids is 3. The summed E-state index contributed by atoms with van der Waals surface area (Å²) in [4.78, 5) is 39.1. The van der Waals surface area contributed by atoms with Gasteiger partial charge < -0.3 is 5.32 Å². The van der Waals surface area contributed by atoms with Gasteiger partial charge in [0.15, 0.2) is 4.34 Å². The fraction of sp³-hybridized carbons (Fsp3) is 0.227. The molecule has 0 spiro atoms. The van der Waals surface area contributed by atoms with Gasteiger partial charge in [-0.2, -0.15) is 0 Å². The summed E-state index contributed by atoms with van der Waals surface area (Å²) in [6.45, 7) is 1.37. The van der Waals surface area contributed by atoms with Gasteiger partial charge in [-0.15, -0.1) is 10.2 Å². The van der Waals surface area contributed by atoms with Crippen LogP contribution < -0.4 is 10.6 Å². The molecular formula is C22H20FN5O3S2. The van der Waals surface area contributed by atoms with Crippen molar-refractivity contribution in [2.24, 2.45) is 0 Å².